The molecule has 4 aromatic rings. The molecular weight excluding hydrogens is 862 g/mol. The van der Waals surface area contributed by atoms with E-state index in [4.69, 9.17) is 46.4 Å². The van der Waals surface area contributed by atoms with Crippen molar-refractivity contribution in [3.8, 4) is 0 Å². The Hall–Kier alpha value is -3.80. The molecule has 0 aliphatic carbocycles. The standard InChI is InChI=1S/C46H54Cl4N4O5S/c1-2-3-4-5-6-7-8-9-10-11-12-13-14-15-16-20-32(27-42(55)56)31-51-35-25-26-37(48)40(30-35)52-45-44(46(57)54(53-45)43-38(49)28-34(47)29-39(43)50)60(58,59)41-24-19-22-33-21-17-18-23-36(33)41/h17-26,28-30,44,51H,2-16,27,31H2,1H3,(H,52,53)(H,55,56)/b32-20+. The number of hydrogen-bond donors (Lipinski definition) is 3. The molecule has 322 valence electrons. The van der Waals surface area contributed by atoms with E-state index in [-0.39, 0.29) is 55.2 Å². The maximum absolute atomic E-state index is 14.6. The van der Waals surface area contributed by atoms with Gasteiger partial charge in [0.15, 0.2) is 9.84 Å². The molecule has 0 saturated carbocycles. The largest absolute Gasteiger partial charge is 0.481 e. The second kappa shape index (κ2) is 23.4. The van der Waals surface area contributed by atoms with Crippen molar-refractivity contribution in [3.05, 3.63) is 105 Å². The molecule has 1 amide bonds. The van der Waals surface area contributed by atoms with Crippen LogP contribution in [0, 0.1) is 0 Å². The Kier molecular flexibility index (Phi) is 18.4. The second-order valence-corrected chi connectivity index (χ2v) is 18.9. The molecule has 0 spiro atoms. The fourth-order valence-corrected chi connectivity index (χ4v) is 10.3. The topological polar surface area (TPSA) is 128 Å². The number of sulfone groups is 1. The van der Waals surface area contributed by atoms with Crippen LogP contribution in [0.3, 0.4) is 0 Å². The lowest BCUT2D eigenvalue weighted by Crippen LogP contribution is -2.37. The van der Waals surface area contributed by atoms with E-state index >= 15 is 0 Å². The summed E-state index contributed by atoms with van der Waals surface area (Å²) in [6.07, 6.45) is 20.5. The van der Waals surface area contributed by atoms with Gasteiger partial charge in [-0.05, 0) is 60.2 Å². The molecule has 14 heteroatoms. The number of carboxylic acids is 1. The highest BCUT2D eigenvalue weighted by molar-refractivity contribution is 7.94. The first-order chi connectivity index (χ1) is 28.9. The zero-order valence-electron chi connectivity index (χ0n) is 34.0. The van der Waals surface area contributed by atoms with E-state index in [1.54, 1.807) is 54.6 Å². The zero-order chi connectivity index (χ0) is 43.1. The molecule has 1 aliphatic heterocycles. The molecule has 60 heavy (non-hydrogen) atoms. The molecule has 3 N–H and O–H groups in total. The van der Waals surface area contributed by atoms with Gasteiger partial charge in [0.1, 0.15) is 11.5 Å². The number of amidine groups is 1. The molecule has 1 aliphatic rings. The third kappa shape index (κ3) is 13.1. The fraction of sp³-hybridized carbons (Fsp3) is 0.413. The van der Waals surface area contributed by atoms with Gasteiger partial charge < -0.3 is 10.4 Å². The summed E-state index contributed by atoms with van der Waals surface area (Å²) < 4.78 is 29.1. The van der Waals surface area contributed by atoms with Crippen LogP contribution in [0.5, 0.6) is 0 Å². The lowest BCUT2D eigenvalue weighted by atomic mass is 10.0. The van der Waals surface area contributed by atoms with Gasteiger partial charge in [0.2, 0.25) is 5.25 Å². The number of aliphatic imine (C=N–C) groups is 1. The number of nitrogens with zero attached hydrogens (tertiary/aromatic N) is 2. The summed E-state index contributed by atoms with van der Waals surface area (Å²) in [5.74, 6) is -2.04. The molecule has 1 saturated heterocycles. The smallest absolute Gasteiger partial charge is 0.307 e. The fourth-order valence-electron chi connectivity index (χ4n) is 7.41. The van der Waals surface area contributed by atoms with Gasteiger partial charge in [-0.15, -0.1) is 0 Å². The van der Waals surface area contributed by atoms with Gasteiger partial charge in [-0.1, -0.05) is 179 Å². The number of rotatable bonds is 24. The number of hydrazine groups is 1. The number of hydrogen-bond acceptors (Lipinski definition) is 6. The SMILES string of the molecule is CCCCCCCCCCCCCCCC/C=C(/CNc1ccc(Cl)c(N=C2NN(c3c(Cl)cc(Cl)cc3Cl)C(=O)C2S(=O)(=O)c2cccc3ccccc23)c1)CC(=O)O. The summed E-state index contributed by atoms with van der Waals surface area (Å²) in [4.78, 5) is 30.6. The lowest BCUT2D eigenvalue weighted by molar-refractivity contribution is -0.136. The van der Waals surface area contributed by atoms with Gasteiger partial charge in [-0.3, -0.25) is 15.0 Å². The lowest BCUT2D eigenvalue weighted by Gasteiger charge is -2.19. The van der Waals surface area contributed by atoms with Crippen LogP contribution in [0.1, 0.15) is 110 Å². The molecule has 5 rings (SSSR count). The highest BCUT2D eigenvalue weighted by Crippen LogP contribution is 2.40. The predicted octanol–water partition coefficient (Wildman–Crippen LogP) is 13.6. The number of nitrogens with one attached hydrogen (secondary N) is 2. The first-order valence-corrected chi connectivity index (χ1v) is 23.9. The van der Waals surface area contributed by atoms with Gasteiger partial charge in [-0.25, -0.2) is 18.4 Å². The van der Waals surface area contributed by atoms with Crippen molar-refractivity contribution in [3.63, 3.8) is 0 Å². The van der Waals surface area contributed by atoms with Crippen LogP contribution >= 0.6 is 46.4 Å². The first-order valence-electron chi connectivity index (χ1n) is 20.9. The van der Waals surface area contributed by atoms with Gasteiger partial charge in [0.25, 0.3) is 5.91 Å². The molecule has 1 heterocycles. The van der Waals surface area contributed by atoms with Crippen LogP contribution < -0.4 is 15.8 Å². The molecule has 1 unspecified atom stereocenters. The van der Waals surface area contributed by atoms with Gasteiger partial charge in [0.05, 0.1) is 32.1 Å². The Bertz CT molecular complexity index is 2260. The molecule has 1 fully saturated rings. The monoisotopic (exact) mass is 914 g/mol. The Morgan fingerprint density at radius 2 is 1.40 bits per heavy atom. The van der Waals surface area contributed by atoms with Gasteiger partial charge in [-0.2, -0.15) is 0 Å². The molecule has 0 radical (unpaired) electrons. The number of benzene rings is 4. The van der Waals surface area contributed by atoms with E-state index < -0.39 is 27.0 Å². The van der Waals surface area contributed by atoms with Crippen LogP contribution in [-0.2, 0) is 19.4 Å². The summed E-state index contributed by atoms with van der Waals surface area (Å²) >= 11 is 25.8. The third-order valence-corrected chi connectivity index (χ3v) is 13.7. The minimum Gasteiger partial charge on any atom is -0.481 e. The number of carboxylic acid groups (broad SMARTS) is 1. The molecule has 4 aromatic carbocycles. The number of fused-ring (bicyclic) bond motifs is 1. The zero-order valence-corrected chi connectivity index (χ0v) is 37.8. The van der Waals surface area contributed by atoms with E-state index in [0.717, 1.165) is 29.8 Å². The predicted molar refractivity (Wildman–Crippen MR) is 249 cm³/mol. The Morgan fingerprint density at radius 3 is 2.03 bits per heavy atom. The van der Waals surface area contributed by atoms with E-state index in [9.17, 15) is 23.1 Å². The summed E-state index contributed by atoms with van der Waals surface area (Å²) in [6, 6.07) is 19.5. The van der Waals surface area contributed by atoms with Crippen LogP contribution in [0.15, 0.2) is 94.3 Å². The molecule has 1 atom stereocenters. The highest BCUT2D eigenvalue weighted by Gasteiger charge is 2.49. The average Bonchev–Trinajstić information content (AvgIpc) is 3.53. The quantitative estimate of drug-likeness (QED) is 0.0472. The van der Waals surface area contributed by atoms with Crippen molar-refractivity contribution in [2.45, 2.75) is 120 Å². The second-order valence-electron chi connectivity index (χ2n) is 15.2. The van der Waals surface area contributed by atoms with Crippen LogP contribution in [-0.4, -0.2) is 43.0 Å². The molecule has 0 bridgehead atoms. The number of amides is 1. The van der Waals surface area contributed by atoms with E-state index in [1.807, 2.05) is 6.08 Å². The third-order valence-electron chi connectivity index (χ3n) is 10.6. The van der Waals surface area contributed by atoms with Gasteiger partial charge in [0, 0.05) is 22.6 Å². The van der Waals surface area contributed by atoms with E-state index in [1.165, 1.54) is 95.2 Å². The minimum atomic E-state index is -4.46. The maximum Gasteiger partial charge on any atom is 0.307 e. The van der Waals surface area contributed by atoms with Crippen molar-refractivity contribution in [1.82, 2.24) is 5.43 Å². The van der Waals surface area contributed by atoms with E-state index in [2.05, 4.69) is 22.7 Å². The normalized spacial score (nSPS) is 15.2. The van der Waals surface area contributed by atoms with Gasteiger partial charge >= 0.3 is 5.97 Å². The molecular formula is C46H54Cl4N4O5S. The Balaban J connectivity index is 1.27. The van der Waals surface area contributed by atoms with Crippen molar-refractivity contribution < 1.29 is 23.1 Å². The number of aliphatic carboxylic acids is 1. The average molecular weight is 917 g/mol. The maximum atomic E-state index is 14.6. The molecule has 0 aromatic heterocycles. The molecule has 9 nitrogen and oxygen atoms in total. The summed E-state index contributed by atoms with van der Waals surface area (Å²) in [7, 11) is -4.46. The van der Waals surface area contributed by atoms with Crippen LogP contribution in [0.2, 0.25) is 20.1 Å². The van der Waals surface area contributed by atoms with Crippen molar-refractivity contribution in [2.24, 2.45) is 4.99 Å². The number of anilines is 2. The van der Waals surface area contributed by atoms with Crippen LogP contribution in [0.4, 0.5) is 17.1 Å². The first kappa shape index (κ1) is 47.3. The number of unbranched alkanes of at least 4 members (excludes halogenated alkanes) is 14. The van der Waals surface area contributed by atoms with Crippen molar-refractivity contribution in [1.29, 1.82) is 0 Å². The van der Waals surface area contributed by atoms with Crippen molar-refractivity contribution >= 4 is 102 Å². The Labute approximate surface area is 374 Å². The number of halogens is 4. The van der Waals surface area contributed by atoms with Crippen molar-refractivity contribution in [2.75, 3.05) is 16.9 Å². The van der Waals surface area contributed by atoms with Crippen LogP contribution in [0.25, 0.3) is 10.8 Å². The Morgan fingerprint density at radius 1 is 0.800 bits per heavy atom. The van der Waals surface area contributed by atoms with E-state index in [0.29, 0.717) is 16.5 Å². The summed E-state index contributed by atoms with van der Waals surface area (Å²) in [5, 5.41) is 13.6. The number of carbonyl (C=O) groups is 2. The summed E-state index contributed by atoms with van der Waals surface area (Å²) in [6.45, 7) is 2.51. The number of allylic oxidation sites excluding steroid dienone is 1. The minimum absolute atomic E-state index is 0.00407. The number of carbonyl (C=O) groups excluding carboxylic acids is 1. The summed E-state index contributed by atoms with van der Waals surface area (Å²) in [5.41, 5.74) is 4.31. The highest BCUT2D eigenvalue weighted by atomic mass is 35.5.